The number of rotatable bonds is 3. The Kier molecular flexibility index (Phi) is 3.18. The maximum absolute atomic E-state index is 9.79. The van der Waals surface area contributed by atoms with E-state index in [1.54, 1.807) is 12.1 Å². The zero-order valence-corrected chi connectivity index (χ0v) is 8.15. The molecule has 1 rings (SSSR count). The van der Waals surface area contributed by atoms with Crippen molar-refractivity contribution in [3.8, 4) is 0 Å². The number of hydrogen-bond acceptors (Lipinski definition) is 3. The summed E-state index contributed by atoms with van der Waals surface area (Å²) in [4.78, 5) is 9.79. The summed E-state index contributed by atoms with van der Waals surface area (Å²) >= 11 is 0. The molecule has 0 bridgehead atoms. The van der Waals surface area contributed by atoms with Gasteiger partial charge in [-0.15, -0.1) is 0 Å². The number of hydrogen-bond donors (Lipinski definition) is 1. The van der Waals surface area contributed by atoms with Gasteiger partial charge in [-0.25, -0.2) is 0 Å². The van der Waals surface area contributed by atoms with E-state index in [0.29, 0.717) is 0 Å². The van der Waals surface area contributed by atoms with Crippen LogP contribution in [0.2, 0.25) is 0 Å². The van der Waals surface area contributed by atoms with Gasteiger partial charge in [-0.05, 0) is 0 Å². The molecule has 1 aromatic carbocycles. The molecule has 68 valence electrons. The summed E-state index contributed by atoms with van der Waals surface area (Å²) in [5.74, 6) is 0. The standard InChI is InChI=1S/C8H13O3P/c1-10-12(9,11-2)8-6-4-3-5-7-8/h3-7,9,12H,1-2H3. The van der Waals surface area contributed by atoms with E-state index in [9.17, 15) is 4.89 Å². The van der Waals surface area contributed by atoms with Crippen molar-refractivity contribution in [3.63, 3.8) is 0 Å². The molecule has 0 saturated heterocycles. The normalized spacial score (nSPS) is 12.9. The fourth-order valence-corrected chi connectivity index (χ4v) is 2.22. The Morgan fingerprint density at radius 1 is 1.08 bits per heavy atom. The third-order valence-corrected chi connectivity index (χ3v) is 3.86. The van der Waals surface area contributed by atoms with Crippen LogP contribution in [0.5, 0.6) is 0 Å². The molecule has 0 saturated carbocycles. The topological polar surface area (TPSA) is 38.7 Å². The minimum absolute atomic E-state index is 0.718. The van der Waals surface area contributed by atoms with Gasteiger partial charge in [-0.1, -0.05) is 0 Å². The molecule has 0 aromatic heterocycles. The van der Waals surface area contributed by atoms with Gasteiger partial charge in [0.05, 0.1) is 0 Å². The second-order valence-corrected chi connectivity index (χ2v) is 4.91. The molecule has 1 N–H and O–H groups in total. The fourth-order valence-electron chi connectivity index (χ4n) is 0.968. The predicted octanol–water partition coefficient (Wildman–Crippen LogP) is 1.09. The molecule has 1 aromatic rings. The van der Waals surface area contributed by atoms with Crippen molar-refractivity contribution in [2.75, 3.05) is 14.2 Å². The minimum atomic E-state index is -3.07. The van der Waals surface area contributed by atoms with E-state index in [1.807, 2.05) is 18.2 Å². The molecule has 0 fully saturated rings. The molecule has 3 nitrogen and oxygen atoms in total. The van der Waals surface area contributed by atoms with Gasteiger partial charge in [-0.2, -0.15) is 0 Å². The van der Waals surface area contributed by atoms with Crippen LogP contribution in [0.4, 0.5) is 0 Å². The summed E-state index contributed by atoms with van der Waals surface area (Å²) in [6.07, 6.45) is 0. The van der Waals surface area contributed by atoms with Crippen LogP contribution in [0.15, 0.2) is 30.3 Å². The summed E-state index contributed by atoms with van der Waals surface area (Å²) in [5, 5.41) is 0.718. The fraction of sp³-hybridized carbons (Fsp3) is 0.250. The van der Waals surface area contributed by atoms with E-state index in [-0.39, 0.29) is 0 Å². The van der Waals surface area contributed by atoms with Crippen LogP contribution in [0.25, 0.3) is 0 Å². The summed E-state index contributed by atoms with van der Waals surface area (Å²) in [7, 11) is -0.179. The quantitative estimate of drug-likeness (QED) is 0.721. The van der Waals surface area contributed by atoms with Gasteiger partial charge in [-0.3, -0.25) is 0 Å². The van der Waals surface area contributed by atoms with Gasteiger partial charge < -0.3 is 0 Å². The zero-order chi connectivity index (χ0) is 9.03. The van der Waals surface area contributed by atoms with Gasteiger partial charge in [0.2, 0.25) is 0 Å². The van der Waals surface area contributed by atoms with Gasteiger partial charge in [0.1, 0.15) is 0 Å². The van der Waals surface area contributed by atoms with Crippen LogP contribution >= 0.6 is 7.94 Å². The SMILES string of the molecule is CO[PH](O)(OC)c1ccccc1. The number of benzene rings is 1. The van der Waals surface area contributed by atoms with Gasteiger partial charge in [0, 0.05) is 0 Å². The van der Waals surface area contributed by atoms with Crippen LogP contribution in [0.1, 0.15) is 0 Å². The van der Waals surface area contributed by atoms with Gasteiger partial charge in [0.15, 0.2) is 0 Å². The molecule has 0 unspecified atom stereocenters. The predicted molar refractivity (Wildman–Crippen MR) is 50.6 cm³/mol. The Balaban J connectivity index is 2.95. The van der Waals surface area contributed by atoms with Crippen molar-refractivity contribution in [1.29, 1.82) is 0 Å². The molecular weight excluding hydrogens is 175 g/mol. The van der Waals surface area contributed by atoms with Crippen molar-refractivity contribution in [2.24, 2.45) is 0 Å². The molecule has 0 aliphatic heterocycles. The summed E-state index contributed by atoms with van der Waals surface area (Å²) in [6.45, 7) is 0. The van der Waals surface area contributed by atoms with Gasteiger partial charge >= 0.3 is 71.7 Å². The van der Waals surface area contributed by atoms with Gasteiger partial charge in [0.25, 0.3) is 0 Å². The van der Waals surface area contributed by atoms with Crippen LogP contribution in [0, 0.1) is 0 Å². The molecule has 4 heteroatoms. The first kappa shape index (κ1) is 9.62. The Bertz CT molecular complexity index is 233. The second kappa shape index (κ2) is 3.97. The molecular formula is C8H13O3P. The molecule has 0 atom stereocenters. The third-order valence-electron chi connectivity index (χ3n) is 1.69. The van der Waals surface area contributed by atoms with Crippen LogP contribution < -0.4 is 5.30 Å². The van der Waals surface area contributed by atoms with E-state index >= 15 is 0 Å². The molecule has 0 spiro atoms. The average Bonchev–Trinajstić information content (AvgIpc) is 2.18. The van der Waals surface area contributed by atoms with E-state index in [0.717, 1.165) is 5.30 Å². The van der Waals surface area contributed by atoms with Crippen LogP contribution in [-0.2, 0) is 9.05 Å². The first-order valence-electron chi connectivity index (χ1n) is 3.61. The molecule has 12 heavy (non-hydrogen) atoms. The third kappa shape index (κ3) is 1.82. The average molecular weight is 188 g/mol. The molecule has 0 radical (unpaired) electrons. The summed E-state index contributed by atoms with van der Waals surface area (Å²) in [5.41, 5.74) is 0. The van der Waals surface area contributed by atoms with Crippen molar-refractivity contribution in [1.82, 2.24) is 0 Å². The molecule has 0 amide bonds. The Morgan fingerprint density at radius 3 is 2.00 bits per heavy atom. The Hall–Kier alpha value is -0.470. The van der Waals surface area contributed by atoms with Crippen molar-refractivity contribution in [2.45, 2.75) is 0 Å². The van der Waals surface area contributed by atoms with Crippen LogP contribution in [0.3, 0.4) is 0 Å². The van der Waals surface area contributed by atoms with E-state index < -0.39 is 7.94 Å². The van der Waals surface area contributed by atoms with Crippen molar-refractivity contribution < 1.29 is 13.9 Å². The monoisotopic (exact) mass is 188 g/mol. The van der Waals surface area contributed by atoms with E-state index in [4.69, 9.17) is 9.05 Å². The summed E-state index contributed by atoms with van der Waals surface area (Å²) in [6, 6.07) is 9.14. The summed E-state index contributed by atoms with van der Waals surface area (Å²) < 4.78 is 9.89. The maximum atomic E-state index is 9.79. The van der Waals surface area contributed by atoms with Crippen molar-refractivity contribution in [3.05, 3.63) is 30.3 Å². The van der Waals surface area contributed by atoms with Crippen LogP contribution in [-0.4, -0.2) is 19.1 Å². The molecule has 0 aliphatic carbocycles. The Labute approximate surface area is 72.5 Å². The zero-order valence-electron chi connectivity index (χ0n) is 7.15. The first-order chi connectivity index (χ1) is 5.73. The second-order valence-electron chi connectivity index (χ2n) is 2.36. The van der Waals surface area contributed by atoms with Crippen molar-refractivity contribution >= 4 is 13.2 Å². The van der Waals surface area contributed by atoms with E-state index in [1.165, 1.54) is 14.2 Å². The molecule has 0 heterocycles. The Morgan fingerprint density at radius 2 is 1.58 bits per heavy atom. The first-order valence-corrected chi connectivity index (χ1v) is 5.37. The molecule has 0 aliphatic rings. The van der Waals surface area contributed by atoms with E-state index in [2.05, 4.69) is 0 Å².